The summed E-state index contributed by atoms with van der Waals surface area (Å²) >= 11 is 6.31. The average Bonchev–Trinajstić information content (AvgIpc) is 3.47. The van der Waals surface area contributed by atoms with Crippen molar-refractivity contribution >= 4 is 29.1 Å². The fraction of sp³-hybridized carbons (Fsp3) is 0.167. The first-order valence-electron chi connectivity index (χ1n) is 15.4. The van der Waals surface area contributed by atoms with Gasteiger partial charge in [0.05, 0.1) is 35.3 Å². The molecule has 2 aliphatic heterocycles. The summed E-state index contributed by atoms with van der Waals surface area (Å²) in [6.45, 7) is 0.0187. The molecule has 4 aromatic carbocycles. The quantitative estimate of drug-likeness (QED) is 0.204. The number of aromatic hydroxyl groups is 1. The Morgan fingerprint density at radius 1 is 0.833 bits per heavy atom. The summed E-state index contributed by atoms with van der Waals surface area (Å²) in [5.41, 5.74) is 2.35. The zero-order valence-electron chi connectivity index (χ0n) is 25.2. The smallest absolute Gasteiger partial charge is 0.352 e. The zero-order valence-corrected chi connectivity index (χ0v) is 25.9. The van der Waals surface area contributed by atoms with E-state index in [1.54, 1.807) is 72.8 Å². The molecular formula is C36H27ClFN5O5. The number of hydrazine groups is 1. The van der Waals surface area contributed by atoms with Gasteiger partial charge in [-0.3, -0.25) is 15.0 Å². The van der Waals surface area contributed by atoms with Crippen molar-refractivity contribution in [3.8, 4) is 11.4 Å². The van der Waals surface area contributed by atoms with E-state index in [-0.39, 0.29) is 18.7 Å². The molecular weight excluding hydrogens is 637 g/mol. The number of anilines is 1. The maximum Gasteiger partial charge on any atom is 0.352 e. The van der Waals surface area contributed by atoms with Crippen LogP contribution in [-0.4, -0.2) is 35.9 Å². The van der Waals surface area contributed by atoms with Crippen LogP contribution in [0.15, 0.2) is 124 Å². The van der Waals surface area contributed by atoms with E-state index in [0.717, 1.165) is 9.58 Å². The maximum atomic E-state index is 15.1. The Morgan fingerprint density at radius 3 is 2.23 bits per heavy atom. The second kappa shape index (κ2) is 11.0. The minimum Gasteiger partial charge on any atom is -0.508 e. The van der Waals surface area contributed by atoms with Gasteiger partial charge in [-0.25, -0.2) is 27.9 Å². The van der Waals surface area contributed by atoms with E-state index < -0.39 is 52.3 Å². The van der Waals surface area contributed by atoms with Crippen molar-refractivity contribution in [2.24, 2.45) is 5.92 Å². The Balaban J connectivity index is 1.38. The molecule has 1 saturated carbocycles. The highest BCUT2D eigenvalue weighted by Crippen LogP contribution is 2.62. The van der Waals surface area contributed by atoms with Gasteiger partial charge in [-0.2, -0.15) is 5.01 Å². The zero-order chi connectivity index (χ0) is 33.3. The normalized spacial score (nSPS) is 22.9. The Kier molecular flexibility index (Phi) is 6.78. The molecule has 2 amide bonds. The number of fused-ring (bicyclic) bond motifs is 4. The van der Waals surface area contributed by atoms with Crippen LogP contribution in [0, 0.1) is 11.7 Å². The molecule has 3 aliphatic rings. The largest absolute Gasteiger partial charge is 0.508 e. The summed E-state index contributed by atoms with van der Waals surface area (Å²) in [7, 11) is 0. The number of phenols is 1. The lowest BCUT2D eigenvalue weighted by atomic mass is 9.53. The number of aromatic nitrogens is 3. The molecule has 4 atom stereocenters. The molecule has 48 heavy (non-hydrogen) atoms. The van der Waals surface area contributed by atoms with Crippen molar-refractivity contribution in [3.05, 3.63) is 158 Å². The van der Waals surface area contributed by atoms with Gasteiger partial charge in [0.1, 0.15) is 11.6 Å². The molecule has 0 unspecified atom stereocenters. The predicted octanol–water partition coefficient (Wildman–Crippen LogP) is 4.92. The number of halogens is 2. The Bertz CT molecular complexity index is 2260. The van der Waals surface area contributed by atoms with Gasteiger partial charge < -0.3 is 5.11 Å². The molecule has 8 rings (SSSR count). The highest BCUT2D eigenvalue weighted by molar-refractivity contribution is 6.30. The third kappa shape index (κ3) is 4.17. The Labute approximate surface area is 277 Å². The minimum absolute atomic E-state index is 0.0110. The summed E-state index contributed by atoms with van der Waals surface area (Å²) in [4.78, 5) is 57.5. The first-order chi connectivity index (χ1) is 23.2. The molecule has 0 bridgehead atoms. The van der Waals surface area contributed by atoms with Gasteiger partial charge in [-0.15, -0.1) is 0 Å². The first kappa shape index (κ1) is 29.7. The number of hydrogen-bond donors (Lipinski definition) is 2. The van der Waals surface area contributed by atoms with Crippen LogP contribution >= 0.6 is 11.6 Å². The fourth-order valence-electron chi connectivity index (χ4n) is 7.79. The second-order valence-electron chi connectivity index (χ2n) is 12.1. The lowest BCUT2D eigenvalue weighted by Crippen LogP contribution is -2.53. The van der Waals surface area contributed by atoms with Gasteiger partial charge in [0, 0.05) is 16.5 Å². The molecule has 2 fully saturated rings. The second-order valence-corrected chi connectivity index (χ2v) is 12.6. The van der Waals surface area contributed by atoms with Gasteiger partial charge in [0.25, 0.3) is 11.8 Å². The van der Waals surface area contributed by atoms with E-state index in [0.29, 0.717) is 33.1 Å². The number of allylic oxidation sites excluding steroid dienone is 2. The molecule has 12 heteroatoms. The van der Waals surface area contributed by atoms with Crippen molar-refractivity contribution in [3.63, 3.8) is 0 Å². The van der Waals surface area contributed by atoms with Crippen molar-refractivity contribution in [1.29, 1.82) is 0 Å². The summed E-state index contributed by atoms with van der Waals surface area (Å²) in [6.07, 6.45) is 1.81. The number of imide groups is 1. The summed E-state index contributed by atoms with van der Waals surface area (Å²) in [5.74, 6) is -3.77. The molecule has 2 N–H and O–H groups in total. The third-order valence-electron chi connectivity index (χ3n) is 9.78. The third-order valence-corrected chi connectivity index (χ3v) is 10.0. The minimum atomic E-state index is -1.61. The van der Waals surface area contributed by atoms with Gasteiger partial charge in [-0.05, 0) is 72.2 Å². The Morgan fingerprint density at radius 2 is 1.52 bits per heavy atom. The number of para-hydroxylation sites is 2. The molecule has 5 aromatic rings. The number of hydrogen-bond acceptors (Lipinski definition) is 6. The monoisotopic (exact) mass is 663 g/mol. The summed E-state index contributed by atoms with van der Waals surface area (Å²) in [5, 5.41) is 12.7. The molecule has 1 aliphatic carbocycles. The van der Waals surface area contributed by atoms with Gasteiger partial charge in [-0.1, -0.05) is 66.2 Å². The van der Waals surface area contributed by atoms with Crippen LogP contribution in [0.25, 0.3) is 5.69 Å². The van der Waals surface area contributed by atoms with Crippen LogP contribution in [0.3, 0.4) is 0 Å². The van der Waals surface area contributed by atoms with E-state index >= 15 is 4.79 Å². The summed E-state index contributed by atoms with van der Waals surface area (Å²) in [6, 6.07) is 26.3. The number of carbonyl (C=O) groups is 2. The number of carbonyl (C=O) groups excluding carboxylic acids is 2. The van der Waals surface area contributed by atoms with E-state index in [1.807, 2.05) is 6.08 Å². The number of amides is 2. The van der Waals surface area contributed by atoms with E-state index in [2.05, 4.69) is 5.43 Å². The van der Waals surface area contributed by atoms with Gasteiger partial charge in [0.2, 0.25) is 0 Å². The number of nitrogens with one attached hydrogen (secondary N) is 1. The van der Waals surface area contributed by atoms with E-state index in [1.165, 1.54) is 39.7 Å². The van der Waals surface area contributed by atoms with Crippen LogP contribution < -0.4 is 16.8 Å². The molecule has 0 spiro atoms. The summed E-state index contributed by atoms with van der Waals surface area (Å²) < 4.78 is 17.6. The molecule has 10 nitrogen and oxygen atoms in total. The molecule has 0 radical (unpaired) electrons. The van der Waals surface area contributed by atoms with Crippen LogP contribution in [-0.2, 0) is 21.5 Å². The van der Waals surface area contributed by atoms with Crippen molar-refractivity contribution in [2.75, 3.05) is 5.43 Å². The molecule has 1 aromatic heterocycles. The van der Waals surface area contributed by atoms with E-state index in [4.69, 9.17) is 11.6 Å². The lowest BCUT2D eigenvalue weighted by molar-refractivity contribution is -0.138. The van der Waals surface area contributed by atoms with Crippen LogP contribution in [0.2, 0.25) is 5.02 Å². The molecule has 240 valence electrons. The van der Waals surface area contributed by atoms with Crippen molar-refractivity contribution in [1.82, 2.24) is 18.9 Å². The van der Waals surface area contributed by atoms with Crippen LogP contribution in [0.1, 0.15) is 29.5 Å². The molecule has 1 saturated heterocycles. The number of nitrogens with zero attached hydrogens (tertiary/aromatic N) is 4. The van der Waals surface area contributed by atoms with Gasteiger partial charge >= 0.3 is 11.4 Å². The molecule has 3 heterocycles. The predicted molar refractivity (Wildman–Crippen MR) is 175 cm³/mol. The number of benzene rings is 4. The fourth-order valence-corrected chi connectivity index (χ4v) is 7.92. The van der Waals surface area contributed by atoms with Gasteiger partial charge in [0.15, 0.2) is 0 Å². The van der Waals surface area contributed by atoms with Crippen molar-refractivity contribution in [2.45, 2.75) is 30.3 Å². The topological polar surface area (TPSA) is 119 Å². The lowest BCUT2D eigenvalue weighted by Gasteiger charge is -2.49. The van der Waals surface area contributed by atoms with Crippen LogP contribution in [0.5, 0.6) is 5.75 Å². The highest BCUT2D eigenvalue weighted by atomic mass is 35.5. The standard InChI is InChI=1S/C36H27ClFN5O5/c37-22-12-10-21(11-13-22)36-28(32(45)42(33(36)46)39-24-16-14-23(38)15-17-24)20-29-26(31(36)27-8-4-5-9-30(27)44)18-19-40-34(47)41(35(48)43(29)40)25-6-2-1-3-7-25/h1-18,28-29,31,39,44H,19-20H2/t28-,29+,31+,36+/m0/s1. The van der Waals surface area contributed by atoms with Crippen molar-refractivity contribution < 1.29 is 19.1 Å². The maximum absolute atomic E-state index is 15.1. The number of rotatable bonds is 5. The van der Waals surface area contributed by atoms with Crippen LogP contribution in [0.4, 0.5) is 10.1 Å². The highest BCUT2D eigenvalue weighted by Gasteiger charge is 2.69. The number of phenolic OH excluding ortho intramolecular Hbond substituents is 1. The average molecular weight is 664 g/mol. The first-order valence-corrected chi connectivity index (χ1v) is 15.7. The SMILES string of the molecule is O=C1[C@@H]2C[C@@H]3C(=CCn4c(=O)n(-c5ccccc5)c(=O)n43)[C@H](c3ccccc3O)[C@]2(c2ccc(Cl)cc2)C(=O)N1Nc1ccc(F)cc1. The Hall–Kier alpha value is -5.68. The van der Waals surface area contributed by atoms with E-state index in [9.17, 15) is 23.9 Å².